The highest BCUT2D eigenvalue weighted by Crippen LogP contribution is 2.23. The minimum absolute atomic E-state index is 0.0698. The first-order valence-corrected chi connectivity index (χ1v) is 9.22. The lowest BCUT2D eigenvalue weighted by Crippen LogP contribution is -2.54. The predicted molar refractivity (Wildman–Crippen MR) is 96.4 cm³/mol. The Hall–Kier alpha value is -0.610. The van der Waals surface area contributed by atoms with Crippen LogP contribution in [0.5, 0.6) is 0 Å². The van der Waals surface area contributed by atoms with Crippen LogP contribution in [-0.2, 0) is 4.79 Å². The van der Waals surface area contributed by atoms with Crippen LogP contribution < -0.4 is 5.32 Å². The van der Waals surface area contributed by atoms with Crippen molar-refractivity contribution < 1.29 is 9.90 Å². The summed E-state index contributed by atoms with van der Waals surface area (Å²) in [4.78, 5) is 14.8. The van der Waals surface area contributed by atoms with Gasteiger partial charge in [-0.15, -0.1) is 0 Å². The number of carbonyl (C=O) groups is 1. The molecule has 1 amide bonds. The summed E-state index contributed by atoms with van der Waals surface area (Å²) in [6, 6.07) is -0.106. The van der Waals surface area contributed by atoms with E-state index in [1.807, 2.05) is 4.90 Å². The summed E-state index contributed by atoms with van der Waals surface area (Å²) in [5.41, 5.74) is 0.291. The Bertz CT molecular complexity index is 361. The van der Waals surface area contributed by atoms with E-state index in [0.717, 1.165) is 19.3 Å². The van der Waals surface area contributed by atoms with Crippen molar-refractivity contribution in [1.29, 1.82) is 0 Å². The third kappa shape index (κ3) is 8.71. The van der Waals surface area contributed by atoms with Crippen molar-refractivity contribution in [3.63, 3.8) is 0 Å². The van der Waals surface area contributed by atoms with Crippen LogP contribution in [0.4, 0.5) is 0 Å². The molecule has 0 radical (unpaired) electrons. The number of likely N-dealkylation sites (tertiary alicyclic amines) is 1. The average Bonchev–Trinajstić information content (AvgIpc) is 2.40. The Morgan fingerprint density at radius 2 is 1.70 bits per heavy atom. The maximum Gasteiger partial charge on any atom is 0.239 e. The largest absolute Gasteiger partial charge is 0.393 e. The van der Waals surface area contributed by atoms with Crippen LogP contribution in [0.3, 0.4) is 0 Å². The van der Waals surface area contributed by atoms with Gasteiger partial charge in [0.1, 0.15) is 0 Å². The maximum absolute atomic E-state index is 12.9. The van der Waals surface area contributed by atoms with Gasteiger partial charge in [0.25, 0.3) is 0 Å². The van der Waals surface area contributed by atoms with E-state index in [9.17, 15) is 9.90 Å². The number of rotatable bonds is 6. The molecule has 1 fully saturated rings. The summed E-state index contributed by atoms with van der Waals surface area (Å²) in [7, 11) is 0. The first-order valence-electron chi connectivity index (χ1n) is 9.22. The normalized spacial score (nSPS) is 19.0. The zero-order valence-corrected chi connectivity index (χ0v) is 16.1. The monoisotopic (exact) mass is 326 g/mol. The Labute approximate surface area is 143 Å². The molecular weight excluding hydrogens is 288 g/mol. The van der Waals surface area contributed by atoms with E-state index < -0.39 is 0 Å². The van der Waals surface area contributed by atoms with Gasteiger partial charge < -0.3 is 15.3 Å². The molecule has 0 aromatic rings. The van der Waals surface area contributed by atoms with E-state index in [1.165, 1.54) is 6.42 Å². The van der Waals surface area contributed by atoms with Crippen LogP contribution >= 0.6 is 0 Å². The fourth-order valence-electron chi connectivity index (χ4n) is 3.09. The van der Waals surface area contributed by atoms with Crippen LogP contribution in [0, 0.1) is 5.41 Å². The quantitative estimate of drug-likeness (QED) is 0.736. The van der Waals surface area contributed by atoms with Crippen molar-refractivity contribution in [2.75, 3.05) is 13.1 Å². The van der Waals surface area contributed by atoms with Gasteiger partial charge in [-0.2, -0.15) is 0 Å². The first kappa shape index (κ1) is 20.4. The van der Waals surface area contributed by atoms with E-state index in [-0.39, 0.29) is 23.6 Å². The average molecular weight is 327 g/mol. The minimum atomic E-state index is -0.236. The molecule has 136 valence electrons. The maximum atomic E-state index is 12.9. The molecule has 0 spiro atoms. The second kappa shape index (κ2) is 8.48. The number of nitrogens with zero attached hydrogens (tertiary/aromatic N) is 1. The third-order valence-corrected chi connectivity index (χ3v) is 4.35. The van der Waals surface area contributed by atoms with E-state index in [4.69, 9.17) is 0 Å². The molecule has 1 rings (SSSR count). The van der Waals surface area contributed by atoms with E-state index in [0.29, 0.717) is 31.3 Å². The molecule has 1 aliphatic rings. The zero-order chi connectivity index (χ0) is 17.7. The highest BCUT2D eigenvalue weighted by atomic mass is 16.3. The zero-order valence-electron chi connectivity index (χ0n) is 16.1. The molecule has 4 heteroatoms. The van der Waals surface area contributed by atoms with E-state index in [1.54, 1.807) is 0 Å². The molecular formula is C19H38N2O2. The number of aliphatic hydroxyl groups is 1. The van der Waals surface area contributed by atoms with Crippen LogP contribution in [0.15, 0.2) is 0 Å². The van der Waals surface area contributed by atoms with Gasteiger partial charge in [-0.1, -0.05) is 33.6 Å². The number of hydrogen-bond donors (Lipinski definition) is 2. The summed E-state index contributed by atoms with van der Waals surface area (Å²) >= 11 is 0. The van der Waals surface area contributed by atoms with Crippen LogP contribution in [0.1, 0.15) is 80.1 Å². The fourth-order valence-corrected chi connectivity index (χ4v) is 3.09. The predicted octanol–water partition coefficient (Wildman–Crippen LogP) is 3.33. The second-order valence-corrected chi connectivity index (χ2v) is 9.31. The highest BCUT2D eigenvalue weighted by molar-refractivity contribution is 5.82. The van der Waals surface area contributed by atoms with Gasteiger partial charge in [0.05, 0.1) is 12.1 Å². The van der Waals surface area contributed by atoms with Gasteiger partial charge in [-0.3, -0.25) is 4.79 Å². The van der Waals surface area contributed by atoms with E-state index >= 15 is 0 Å². The number of aliphatic hydroxyl groups excluding tert-OH is 1. The van der Waals surface area contributed by atoms with Gasteiger partial charge >= 0.3 is 0 Å². The lowest BCUT2D eigenvalue weighted by Gasteiger charge is -2.35. The summed E-state index contributed by atoms with van der Waals surface area (Å²) in [6.07, 6.45) is 5.51. The molecule has 23 heavy (non-hydrogen) atoms. The fraction of sp³-hybridized carbons (Fsp3) is 0.947. The van der Waals surface area contributed by atoms with Gasteiger partial charge in [0.15, 0.2) is 0 Å². The van der Waals surface area contributed by atoms with Gasteiger partial charge in [0.2, 0.25) is 5.91 Å². The summed E-state index contributed by atoms with van der Waals surface area (Å²) in [6.45, 7) is 14.5. The number of amides is 1. The molecule has 1 atom stereocenters. The van der Waals surface area contributed by atoms with E-state index in [2.05, 4.69) is 46.9 Å². The van der Waals surface area contributed by atoms with Gasteiger partial charge in [-0.05, 0) is 51.9 Å². The molecule has 0 aromatic heterocycles. The molecule has 1 saturated heterocycles. The Morgan fingerprint density at radius 1 is 1.13 bits per heavy atom. The van der Waals surface area contributed by atoms with Gasteiger partial charge in [-0.25, -0.2) is 0 Å². The molecule has 4 nitrogen and oxygen atoms in total. The van der Waals surface area contributed by atoms with Crippen molar-refractivity contribution >= 4 is 5.91 Å². The molecule has 1 unspecified atom stereocenters. The van der Waals surface area contributed by atoms with Crippen LogP contribution in [-0.4, -0.2) is 46.7 Å². The second-order valence-electron chi connectivity index (χ2n) is 9.31. The molecule has 0 bridgehead atoms. The molecule has 0 aliphatic carbocycles. The summed E-state index contributed by atoms with van der Waals surface area (Å²) in [5.74, 6) is 0.211. The standard InChI is InChI=1S/C19H38N2O2/c1-18(2,3)12-8-7-9-16(20-19(4,5)6)17(23)21-13-10-15(22)11-14-21/h15-16,20,22H,7-14H2,1-6H3. The lowest BCUT2D eigenvalue weighted by atomic mass is 9.89. The Kier molecular flexibility index (Phi) is 7.53. The summed E-state index contributed by atoms with van der Waals surface area (Å²) < 4.78 is 0. The number of carbonyl (C=O) groups excluding carboxylic acids is 1. The molecule has 1 heterocycles. The molecule has 1 aliphatic heterocycles. The Balaban J connectivity index is 2.55. The SMILES string of the molecule is CC(C)(C)CCCCC(NC(C)(C)C)C(=O)N1CCC(O)CC1. The van der Waals surface area contributed by atoms with Crippen LogP contribution in [0.25, 0.3) is 0 Å². The summed E-state index contributed by atoms with van der Waals surface area (Å²) in [5, 5.41) is 13.1. The van der Waals surface area contributed by atoms with Gasteiger partial charge in [0, 0.05) is 18.6 Å². The van der Waals surface area contributed by atoms with Crippen molar-refractivity contribution in [2.45, 2.75) is 97.8 Å². The number of hydrogen-bond acceptors (Lipinski definition) is 3. The smallest absolute Gasteiger partial charge is 0.239 e. The number of nitrogens with one attached hydrogen (secondary N) is 1. The number of unbranched alkanes of at least 4 members (excludes halogenated alkanes) is 1. The first-order chi connectivity index (χ1) is 10.5. The topological polar surface area (TPSA) is 52.6 Å². The minimum Gasteiger partial charge on any atom is -0.393 e. The van der Waals surface area contributed by atoms with Crippen molar-refractivity contribution in [1.82, 2.24) is 10.2 Å². The lowest BCUT2D eigenvalue weighted by molar-refractivity contribution is -0.136. The number of piperidine rings is 1. The van der Waals surface area contributed by atoms with Crippen molar-refractivity contribution in [3.8, 4) is 0 Å². The van der Waals surface area contributed by atoms with Crippen molar-refractivity contribution in [2.24, 2.45) is 5.41 Å². The Morgan fingerprint density at radius 3 is 2.17 bits per heavy atom. The third-order valence-electron chi connectivity index (χ3n) is 4.35. The molecule has 0 saturated carbocycles. The van der Waals surface area contributed by atoms with Crippen molar-refractivity contribution in [3.05, 3.63) is 0 Å². The van der Waals surface area contributed by atoms with Crippen LogP contribution in [0.2, 0.25) is 0 Å². The molecule has 0 aromatic carbocycles. The molecule has 2 N–H and O–H groups in total. The highest BCUT2D eigenvalue weighted by Gasteiger charge is 2.29.